The average Bonchev–Trinajstić information content (AvgIpc) is 2.99. The van der Waals surface area contributed by atoms with Gasteiger partial charge in [-0.1, -0.05) is 74.9 Å². The van der Waals surface area contributed by atoms with Gasteiger partial charge in [0, 0.05) is 17.7 Å². The minimum Gasteiger partial charge on any atom is -0.466 e. The van der Waals surface area contributed by atoms with Crippen LogP contribution in [-0.4, -0.2) is 40.9 Å². The highest BCUT2D eigenvalue weighted by Gasteiger charge is 2.28. The summed E-state index contributed by atoms with van der Waals surface area (Å²) in [4.78, 5) is 38.7. The Morgan fingerprint density at radius 3 is 2.40 bits per heavy atom. The zero-order valence-electron chi connectivity index (χ0n) is 27.3. The summed E-state index contributed by atoms with van der Waals surface area (Å²) in [5.41, 5.74) is 4.79. The summed E-state index contributed by atoms with van der Waals surface area (Å²) in [5.74, 6) is -0.365. The van der Waals surface area contributed by atoms with Crippen LogP contribution in [0.5, 0.6) is 0 Å². The van der Waals surface area contributed by atoms with Crippen molar-refractivity contribution in [2.45, 2.75) is 85.3 Å². The van der Waals surface area contributed by atoms with Crippen LogP contribution in [0, 0.1) is 12.8 Å². The monoisotopic (exact) mass is 611 g/mol. The molecule has 3 aromatic rings. The summed E-state index contributed by atoms with van der Waals surface area (Å²) < 4.78 is 11.0. The molecule has 8 nitrogen and oxygen atoms in total. The van der Waals surface area contributed by atoms with E-state index in [1.165, 1.54) is 5.01 Å². The molecule has 2 amide bonds. The number of nitrogens with zero attached hydrogens (tertiary/aromatic N) is 2. The fraction of sp³-hybridized carbons (Fsp3) is 0.405. The van der Waals surface area contributed by atoms with E-state index in [1.807, 2.05) is 100 Å². The summed E-state index contributed by atoms with van der Waals surface area (Å²) in [6.07, 6.45) is 2.66. The molecule has 4 rings (SSSR count). The summed E-state index contributed by atoms with van der Waals surface area (Å²) >= 11 is 0. The van der Waals surface area contributed by atoms with Gasteiger partial charge in [-0.05, 0) is 86.9 Å². The maximum Gasteiger partial charge on any atom is 0.306 e. The highest BCUT2D eigenvalue weighted by Crippen LogP contribution is 2.31. The predicted octanol–water partition coefficient (Wildman–Crippen LogP) is 7.15. The molecule has 2 unspecified atom stereocenters. The molecule has 45 heavy (non-hydrogen) atoms. The van der Waals surface area contributed by atoms with Gasteiger partial charge in [-0.3, -0.25) is 14.4 Å². The van der Waals surface area contributed by atoms with E-state index in [-0.39, 0.29) is 42.6 Å². The number of aryl methyl sites for hydroxylation is 1. The first-order valence-corrected chi connectivity index (χ1v) is 15.7. The molecule has 238 valence electrons. The second-order valence-electron chi connectivity index (χ2n) is 12.7. The molecule has 1 N–H and O–H groups in total. The maximum absolute atomic E-state index is 13.9. The SMILES string of the molecule is CCCC(C)C(C(=O)Nc1cccc(CCC(=O)OC(C)(C)C)c1C)c1ccc(CN2N=C(c3ccccc3)OCC2=O)cc1. The molecule has 1 aliphatic heterocycles. The highest BCUT2D eigenvalue weighted by molar-refractivity contribution is 5.98. The van der Waals surface area contributed by atoms with Crippen molar-refractivity contribution < 1.29 is 23.9 Å². The van der Waals surface area contributed by atoms with E-state index < -0.39 is 5.60 Å². The quantitative estimate of drug-likeness (QED) is 0.220. The number of esters is 1. The number of carbonyl (C=O) groups excluding carboxylic acids is 3. The van der Waals surface area contributed by atoms with Crippen LogP contribution < -0.4 is 5.32 Å². The number of carbonyl (C=O) groups is 3. The third-order valence-corrected chi connectivity index (χ3v) is 7.84. The zero-order chi connectivity index (χ0) is 32.6. The lowest BCUT2D eigenvalue weighted by atomic mass is 9.83. The lowest BCUT2D eigenvalue weighted by molar-refractivity contribution is -0.154. The molecule has 1 aliphatic rings. The first kappa shape index (κ1) is 33.4. The Morgan fingerprint density at radius 1 is 1.02 bits per heavy atom. The predicted molar refractivity (Wildman–Crippen MR) is 177 cm³/mol. The van der Waals surface area contributed by atoms with Gasteiger partial charge < -0.3 is 14.8 Å². The summed E-state index contributed by atoms with van der Waals surface area (Å²) in [7, 11) is 0. The van der Waals surface area contributed by atoms with Gasteiger partial charge in [0.05, 0.1) is 12.5 Å². The lowest BCUT2D eigenvalue weighted by Gasteiger charge is -2.26. The van der Waals surface area contributed by atoms with Gasteiger partial charge in [-0.25, -0.2) is 5.01 Å². The molecule has 0 saturated heterocycles. The standard InChI is InChI=1S/C37H45N3O5/c1-7-12-25(2)34(35(43)38-31-16-11-15-28(26(31)3)21-22-33(42)45-37(4,5)6)29-19-17-27(18-20-29)23-40-32(41)24-44-36(39-40)30-13-9-8-10-14-30/h8-11,13-20,25,34H,7,12,21-24H2,1-6H3,(H,38,43). The van der Waals surface area contributed by atoms with Crippen LogP contribution in [0.3, 0.4) is 0 Å². The van der Waals surface area contributed by atoms with Crippen molar-refractivity contribution in [2.75, 3.05) is 11.9 Å². The topological polar surface area (TPSA) is 97.3 Å². The van der Waals surface area contributed by atoms with Crippen LogP contribution in [0.4, 0.5) is 5.69 Å². The molecule has 0 saturated carbocycles. The largest absolute Gasteiger partial charge is 0.466 e. The average molecular weight is 612 g/mol. The van der Waals surface area contributed by atoms with Crippen LogP contribution in [-0.2, 0) is 36.8 Å². The van der Waals surface area contributed by atoms with Crippen molar-refractivity contribution in [3.8, 4) is 0 Å². The summed E-state index contributed by atoms with van der Waals surface area (Å²) in [6.45, 7) is 12.0. The Bertz CT molecular complexity index is 1510. The van der Waals surface area contributed by atoms with Crippen molar-refractivity contribution in [3.05, 3.63) is 101 Å². The number of benzene rings is 3. The fourth-order valence-electron chi connectivity index (χ4n) is 5.54. The Balaban J connectivity index is 1.48. The minimum atomic E-state index is -0.524. The Hall–Kier alpha value is -4.46. The van der Waals surface area contributed by atoms with E-state index in [0.29, 0.717) is 18.9 Å². The van der Waals surface area contributed by atoms with Crippen LogP contribution in [0.1, 0.15) is 87.6 Å². The molecule has 0 aliphatic carbocycles. The van der Waals surface area contributed by atoms with E-state index in [1.54, 1.807) is 0 Å². The number of amides is 2. The molecular formula is C37H45N3O5. The number of hydrazone groups is 1. The third-order valence-electron chi connectivity index (χ3n) is 7.84. The lowest BCUT2D eigenvalue weighted by Crippen LogP contribution is -2.36. The molecule has 0 bridgehead atoms. The van der Waals surface area contributed by atoms with Crippen LogP contribution in [0.2, 0.25) is 0 Å². The molecule has 2 atom stereocenters. The van der Waals surface area contributed by atoms with Crippen LogP contribution >= 0.6 is 0 Å². The van der Waals surface area contributed by atoms with Gasteiger partial charge in [0.25, 0.3) is 5.91 Å². The first-order chi connectivity index (χ1) is 21.4. The summed E-state index contributed by atoms with van der Waals surface area (Å²) in [5, 5.41) is 9.07. The first-order valence-electron chi connectivity index (χ1n) is 15.7. The normalized spacial score (nSPS) is 14.7. The molecular weight excluding hydrogens is 566 g/mol. The van der Waals surface area contributed by atoms with E-state index >= 15 is 0 Å². The van der Waals surface area contributed by atoms with Gasteiger partial charge in [-0.2, -0.15) is 0 Å². The smallest absolute Gasteiger partial charge is 0.306 e. The van der Waals surface area contributed by atoms with Gasteiger partial charge in [0.15, 0.2) is 6.61 Å². The van der Waals surface area contributed by atoms with E-state index in [0.717, 1.165) is 46.3 Å². The van der Waals surface area contributed by atoms with Crippen molar-refractivity contribution in [2.24, 2.45) is 11.0 Å². The van der Waals surface area contributed by atoms with Gasteiger partial charge in [0.1, 0.15) is 5.60 Å². The molecule has 8 heteroatoms. The molecule has 0 spiro atoms. The van der Waals surface area contributed by atoms with E-state index in [4.69, 9.17) is 9.47 Å². The number of hydrogen-bond donors (Lipinski definition) is 1. The van der Waals surface area contributed by atoms with Gasteiger partial charge in [0.2, 0.25) is 11.8 Å². The fourth-order valence-corrected chi connectivity index (χ4v) is 5.54. The maximum atomic E-state index is 13.9. The van der Waals surface area contributed by atoms with Crippen molar-refractivity contribution in [3.63, 3.8) is 0 Å². The molecule has 3 aromatic carbocycles. The van der Waals surface area contributed by atoms with Crippen LogP contribution in [0.25, 0.3) is 0 Å². The number of anilines is 1. The number of ether oxygens (including phenoxy) is 2. The molecule has 0 radical (unpaired) electrons. The Kier molecular flexibility index (Phi) is 11.2. The summed E-state index contributed by atoms with van der Waals surface area (Å²) in [6, 6.07) is 23.2. The Labute approximate surface area is 266 Å². The van der Waals surface area contributed by atoms with Crippen LogP contribution in [0.15, 0.2) is 77.9 Å². The zero-order valence-corrected chi connectivity index (χ0v) is 27.3. The van der Waals surface area contributed by atoms with Crippen molar-refractivity contribution in [1.82, 2.24) is 5.01 Å². The number of hydrogen-bond acceptors (Lipinski definition) is 6. The third kappa shape index (κ3) is 9.27. The van der Waals surface area contributed by atoms with E-state index in [2.05, 4.69) is 24.3 Å². The molecule has 0 aromatic heterocycles. The van der Waals surface area contributed by atoms with Gasteiger partial charge in [-0.15, -0.1) is 5.10 Å². The highest BCUT2D eigenvalue weighted by atomic mass is 16.6. The molecule has 1 heterocycles. The Morgan fingerprint density at radius 2 is 1.73 bits per heavy atom. The second kappa shape index (κ2) is 15.0. The second-order valence-corrected chi connectivity index (χ2v) is 12.7. The van der Waals surface area contributed by atoms with Crippen molar-refractivity contribution >= 4 is 29.4 Å². The van der Waals surface area contributed by atoms with Crippen molar-refractivity contribution in [1.29, 1.82) is 0 Å². The van der Waals surface area contributed by atoms with Gasteiger partial charge >= 0.3 is 5.97 Å². The molecule has 0 fully saturated rings. The number of nitrogens with one attached hydrogen (secondary N) is 1. The van der Waals surface area contributed by atoms with E-state index in [9.17, 15) is 14.4 Å². The number of rotatable bonds is 12. The minimum absolute atomic E-state index is 0.0653.